The fraction of sp³-hybridized carbons (Fsp3) is 0.419. The Bertz CT molecular complexity index is 1220. The van der Waals surface area contributed by atoms with Crippen LogP contribution >= 0.6 is 0 Å². The molecule has 0 radical (unpaired) electrons. The molecule has 0 bridgehead atoms. The van der Waals surface area contributed by atoms with Crippen LogP contribution < -0.4 is 0 Å². The van der Waals surface area contributed by atoms with Gasteiger partial charge in [0.2, 0.25) is 0 Å². The second-order valence-electron chi connectivity index (χ2n) is 10.3. The van der Waals surface area contributed by atoms with Crippen LogP contribution in [0.3, 0.4) is 0 Å². The largest absolute Gasteiger partial charge is 0.416 e. The molecule has 2 unspecified atom stereocenters. The molecule has 1 aliphatic carbocycles. The van der Waals surface area contributed by atoms with Gasteiger partial charge < -0.3 is 4.90 Å². The number of rotatable bonds is 6. The third kappa shape index (κ3) is 5.71. The van der Waals surface area contributed by atoms with Crippen molar-refractivity contribution >= 4 is 11.6 Å². The summed E-state index contributed by atoms with van der Waals surface area (Å²) in [6.07, 6.45) is -2.76. The number of likely N-dealkylation sites (tertiary alicyclic amines) is 1. The molecule has 7 heteroatoms. The molecule has 1 heterocycles. The Morgan fingerprint density at radius 1 is 0.947 bits per heavy atom. The number of nitrogens with zero attached hydrogens (tertiary/aromatic N) is 1. The van der Waals surface area contributed by atoms with Crippen LogP contribution in [0, 0.1) is 0 Å². The van der Waals surface area contributed by atoms with E-state index in [2.05, 4.69) is 43.2 Å². The van der Waals surface area contributed by atoms with E-state index in [1.54, 1.807) is 0 Å². The van der Waals surface area contributed by atoms with Gasteiger partial charge in [-0.2, -0.15) is 26.3 Å². The highest BCUT2D eigenvalue weighted by molar-refractivity contribution is 5.74. The number of alkyl halides is 6. The number of aryl methyl sites for hydroxylation is 1. The van der Waals surface area contributed by atoms with Gasteiger partial charge in [0, 0.05) is 24.2 Å². The Labute approximate surface area is 220 Å². The van der Waals surface area contributed by atoms with E-state index in [0.717, 1.165) is 55.5 Å². The summed E-state index contributed by atoms with van der Waals surface area (Å²) in [7, 11) is 0. The van der Waals surface area contributed by atoms with Crippen LogP contribution in [0.1, 0.15) is 85.3 Å². The zero-order chi connectivity index (χ0) is 27.8. The van der Waals surface area contributed by atoms with Gasteiger partial charge in [0.1, 0.15) is 0 Å². The van der Waals surface area contributed by atoms with E-state index in [-0.39, 0.29) is 17.7 Å². The molecule has 2 aromatic carbocycles. The maximum atomic E-state index is 13.5. The summed E-state index contributed by atoms with van der Waals surface area (Å²) < 4.78 is 81.0. The van der Waals surface area contributed by atoms with Crippen LogP contribution in [-0.4, -0.2) is 17.5 Å². The van der Waals surface area contributed by atoms with Gasteiger partial charge in [0.05, 0.1) is 11.1 Å². The van der Waals surface area contributed by atoms with Crippen LogP contribution in [0.2, 0.25) is 0 Å². The molecular weight excluding hydrogens is 500 g/mol. The fourth-order valence-electron chi connectivity index (χ4n) is 5.88. The van der Waals surface area contributed by atoms with Crippen molar-refractivity contribution in [3.63, 3.8) is 0 Å². The topological polar surface area (TPSA) is 3.24 Å². The number of hydrogen-bond donors (Lipinski definition) is 0. The summed E-state index contributed by atoms with van der Waals surface area (Å²) in [6, 6.07) is 7.98. The van der Waals surface area contributed by atoms with Crippen LogP contribution in [0.25, 0.3) is 11.6 Å². The molecular formula is C31H33F6N. The number of halogens is 6. The van der Waals surface area contributed by atoms with Crippen molar-refractivity contribution in [2.75, 3.05) is 6.54 Å². The van der Waals surface area contributed by atoms with Gasteiger partial charge in [-0.25, -0.2) is 0 Å². The lowest BCUT2D eigenvalue weighted by Gasteiger charge is -2.32. The molecule has 0 aromatic heterocycles. The van der Waals surface area contributed by atoms with Gasteiger partial charge in [-0.3, -0.25) is 0 Å². The minimum Gasteiger partial charge on any atom is -0.368 e. The lowest BCUT2D eigenvalue weighted by Crippen LogP contribution is -2.31. The highest BCUT2D eigenvalue weighted by Crippen LogP contribution is 2.45. The smallest absolute Gasteiger partial charge is 0.368 e. The monoisotopic (exact) mass is 533 g/mol. The molecule has 0 amide bonds. The summed E-state index contributed by atoms with van der Waals surface area (Å²) in [6.45, 7) is 12.6. The first-order chi connectivity index (χ1) is 17.8. The lowest BCUT2D eigenvalue weighted by molar-refractivity contribution is -0.143. The SMILES string of the molecule is C=Cc1ccc(CC)c(C2=C(CN3C(=C)CC(c4cc(C(F)(F)F)cc(C(F)(F)F)c4)C3C)CCCC2)c1. The molecule has 1 fully saturated rings. The summed E-state index contributed by atoms with van der Waals surface area (Å²) in [5, 5.41) is 0. The molecule has 0 N–H and O–H groups in total. The van der Waals surface area contributed by atoms with E-state index in [0.29, 0.717) is 13.0 Å². The average Bonchev–Trinajstić information content (AvgIpc) is 3.15. The molecule has 204 valence electrons. The van der Waals surface area contributed by atoms with Crippen molar-refractivity contribution in [2.45, 2.75) is 76.7 Å². The third-order valence-corrected chi connectivity index (χ3v) is 7.99. The Morgan fingerprint density at radius 2 is 1.58 bits per heavy atom. The van der Waals surface area contributed by atoms with Crippen molar-refractivity contribution in [3.05, 3.63) is 94.2 Å². The van der Waals surface area contributed by atoms with Gasteiger partial charge in [-0.05, 0) is 103 Å². The second-order valence-corrected chi connectivity index (χ2v) is 10.3. The maximum Gasteiger partial charge on any atom is 0.416 e. The molecule has 2 aromatic rings. The first kappa shape index (κ1) is 28.1. The van der Waals surface area contributed by atoms with Crippen LogP contribution in [0.5, 0.6) is 0 Å². The van der Waals surface area contributed by atoms with Crippen molar-refractivity contribution in [1.29, 1.82) is 0 Å². The number of hydrogen-bond acceptors (Lipinski definition) is 1. The zero-order valence-corrected chi connectivity index (χ0v) is 21.8. The van der Waals surface area contributed by atoms with E-state index in [4.69, 9.17) is 0 Å². The predicted octanol–water partition coefficient (Wildman–Crippen LogP) is 9.65. The molecule has 38 heavy (non-hydrogen) atoms. The molecule has 1 nitrogen and oxygen atoms in total. The Morgan fingerprint density at radius 3 is 2.16 bits per heavy atom. The van der Waals surface area contributed by atoms with Crippen molar-refractivity contribution in [3.8, 4) is 0 Å². The molecule has 2 aliphatic rings. The van der Waals surface area contributed by atoms with Crippen LogP contribution in [0.4, 0.5) is 26.3 Å². The Hall–Kier alpha value is -2.96. The zero-order valence-electron chi connectivity index (χ0n) is 21.8. The van der Waals surface area contributed by atoms with Crippen molar-refractivity contribution in [2.24, 2.45) is 0 Å². The highest BCUT2D eigenvalue weighted by Gasteiger charge is 2.40. The van der Waals surface area contributed by atoms with Crippen molar-refractivity contribution in [1.82, 2.24) is 4.90 Å². The Balaban J connectivity index is 1.70. The second kappa shape index (κ2) is 10.7. The van der Waals surface area contributed by atoms with E-state index in [1.165, 1.54) is 22.3 Å². The first-order valence-corrected chi connectivity index (χ1v) is 13.0. The lowest BCUT2D eigenvalue weighted by atomic mass is 9.83. The number of benzene rings is 2. The van der Waals surface area contributed by atoms with E-state index in [1.807, 2.05) is 13.0 Å². The van der Waals surface area contributed by atoms with E-state index >= 15 is 0 Å². The average molecular weight is 534 g/mol. The summed E-state index contributed by atoms with van der Waals surface area (Å²) in [4.78, 5) is 2.07. The van der Waals surface area contributed by atoms with Crippen molar-refractivity contribution < 1.29 is 26.3 Å². The third-order valence-electron chi connectivity index (χ3n) is 7.99. The maximum absolute atomic E-state index is 13.5. The Kier molecular flexibility index (Phi) is 7.87. The number of allylic oxidation sites excluding steroid dienone is 2. The first-order valence-electron chi connectivity index (χ1n) is 13.0. The molecule has 1 aliphatic heterocycles. The quantitative estimate of drug-likeness (QED) is 0.334. The summed E-state index contributed by atoms with van der Waals surface area (Å²) in [5.41, 5.74) is 4.30. The van der Waals surface area contributed by atoms with E-state index in [9.17, 15) is 26.3 Å². The minimum absolute atomic E-state index is 0.0492. The van der Waals surface area contributed by atoms with Gasteiger partial charge in [0.25, 0.3) is 0 Å². The predicted molar refractivity (Wildman–Crippen MR) is 140 cm³/mol. The highest BCUT2D eigenvalue weighted by atomic mass is 19.4. The summed E-state index contributed by atoms with van der Waals surface area (Å²) in [5.74, 6) is -0.520. The molecule has 2 atom stereocenters. The van der Waals surface area contributed by atoms with Crippen LogP contribution in [0.15, 0.2) is 60.8 Å². The fourth-order valence-corrected chi connectivity index (χ4v) is 5.88. The van der Waals surface area contributed by atoms with Gasteiger partial charge in [-0.1, -0.05) is 38.3 Å². The standard InChI is InChI=1S/C31H33F6N/c1-5-21-11-12-22(6-2)29(14-21)27-10-8-7-9-23(27)18-38-19(3)13-28(20(38)4)24-15-25(30(32,33)34)17-26(16-24)31(35,36)37/h5,11-12,14-17,20,28H,1,3,6-10,13,18H2,2,4H3. The summed E-state index contributed by atoms with van der Waals surface area (Å²) >= 11 is 0. The van der Waals surface area contributed by atoms with Crippen LogP contribution in [-0.2, 0) is 18.8 Å². The molecule has 1 saturated heterocycles. The van der Waals surface area contributed by atoms with Gasteiger partial charge >= 0.3 is 12.4 Å². The van der Waals surface area contributed by atoms with E-state index < -0.39 is 29.4 Å². The normalized spacial score (nSPS) is 20.8. The van der Waals surface area contributed by atoms with Gasteiger partial charge in [-0.15, -0.1) is 0 Å². The minimum atomic E-state index is -4.87. The van der Waals surface area contributed by atoms with Gasteiger partial charge in [0.15, 0.2) is 0 Å². The molecule has 0 saturated carbocycles. The molecule has 4 rings (SSSR count). The molecule has 0 spiro atoms.